The van der Waals surface area contributed by atoms with Crippen molar-refractivity contribution in [2.75, 3.05) is 6.61 Å². The van der Waals surface area contributed by atoms with Gasteiger partial charge in [0, 0.05) is 0 Å². The number of carbonyl (C=O) groups is 1. The SMILES string of the molecule is CCCCOC=CC(=O)O. The zero-order chi connectivity index (χ0) is 7.82. The summed E-state index contributed by atoms with van der Waals surface area (Å²) in [7, 11) is 0. The Hall–Kier alpha value is -0.990. The first-order chi connectivity index (χ1) is 4.77. The number of aliphatic carboxylic acids is 1. The average molecular weight is 144 g/mol. The van der Waals surface area contributed by atoms with Crippen LogP contribution >= 0.6 is 0 Å². The van der Waals surface area contributed by atoms with Crippen LogP contribution in [0, 0.1) is 0 Å². The minimum absolute atomic E-state index is 0.597. The van der Waals surface area contributed by atoms with Crippen molar-refractivity contribution in [1.29, 1.82) is 0 Å². The third-order valence-corrected chi connectivity index (χ3v) is 0.923. The van der Waals surface area contributed by atoms with Crippen molar-refractivity contribution in [2.45, 2.75) is 19.8 Å². The van der Waals surface area contributed by atoms with Gasteiger partial charge in [0.2, 0.25) is 0 Å². The van der Waals surface area contributed by atoms with Gasteiger partial charge in [0.05, 0.1) is 18.9 Å². The van der Waals surface area contributed by atoms with E-state index in [2.05, 4.69) is 0 Å². The molecule has 0 saturated carbocycles. The lowest BCUT2D eigenvalue weighted by molar-refractivity contribution is -0.131. The third kappa shape index (κ3) is 7.01. The summed E-state index contributed by atoms with van der Waals surface area (Å²) < 4.78 is 4.82. The molecular weight excluding hydrogens is 132 g/mol. The lowest BCUT2D eigenvalue weighted by Gasteiger charge is -1.95. The molecule has 0 heterocycles. The zero-order valence-electron chi connectivity index (χ0n) is 6.04. The minimum atomic E-state index is -0.975. The van der Waals surface area contributed by atoms with Gasteiger partial charge in [-0.3, -0.25) is 0 Å². The molecule has 0 unspecified atom stereocenters. The topological polar surface area (TPSA) is 46.5 Å². The minimum Gasteiger partial charge on any atom is -0.501 e. The standard InChI is InChI=1S/C7H12O3/c1-2-3-5-10-6-4-7(8)9/h4,6H,2-3,5H2,1H3,(H,8,9). The fraction of sp³-hybridized carbons (Fsp3) is 0.571. The molecule has 0 aromatic carbocycles. The summed E-state index contributed by atoms with van der Waals surface area (Å²) in [5, 5.41) is 8.10. The van der Waals surface area contributed by atoms with Crippen molar-refractivity contribution in [3.63, 3.8) is 0 Å². The molecule has 0 aromatic heterocycles. The molecule has 58 valence electrons. The summed E-state index contributed by atoms with van der Waals surface area (Å²) >= 11 is 0. The molecule has 1 N–H and O–H groups in total. The van der Waals surface area contributed by atoms with Gasteiger partial charge in [-0.15, -0.1) is 0 Å². The van der Waals surface area contributed by atoms with Crippen molar-refractivity contribution in [3.05, 3.63) is 12.3 Å². The highest BCUT2D eigenvalue weighted by Crippen LogP contribution is 1.87. The van der Waals surface area contributed by atoms with Crippen LogP contribution in [0.15, 0.2) is 12.3 Å². The predicted molar refractivity (Wildman–Crippen MR) is 37.6 cm³/mol. The summed E-state index contributed by atoms with van der Waals surface area (Å²) in [5.41, 5.74) is 0. The van der Waals surface area contributed by atoms with Gasteiger partial charge in [-0.05, 0) is 6.42 Å². The second-order valence-electron chi connectivity index (χ2n) is 1.87. The van der Waals surface area contributed by atoms with E-state index in [4.69, 9.17) is 9.84 Å². The summed E-state index contributed by atoms with van der Waals surface area (Å²) in [6.07, 6.45) is 4.21. The highest BCUT2D eigenvalue weighted by Gasteiger charge is 1.84. The number of carboxylic acids is 1. The number of unbranched alkanes of at least 4 members (excludes halogenated alkanes) is 1. The fourth-order valence-corrected chi connectivity index (χ4v) is 0.402. The van der Waals surface area contributed by atoms with Gasteiger partial charge in [0.25, 0.3) is 0 Å². The van der Waals surface area contributed by atoms with Gasteiger partial charge in [0.15, 0.2) is 0 Å². The van der Waals surface area contributed by atoms with Crippen molar-refractivity contribution in [2.24, 2.45) is 0 Å². The number of hydrogen-bond donors (Lipinski definition) is 1. The van der Waals surface area contributed by atoms with Crippen molar-refractivity contribution < 1.29 is 14.6 Å². The number of rotatable bonds is 5. The largest absolute Gasteiger partial charge is 0.501 e. The van der Waals surface area contributed by atoms with Crippen molar-refractivity contribution >= 4 is 5.97 Å². The molecule has 3 heteroatoms. The van der Waals surface area contributed by atoms with Gasteiger partial charge < -0.3 is 9.84 Å². The molecule has 0 atom stereocenters. The Morgan fingerprint density at radius 2 is 2.40 bits per heavy atom. The Balaban J connectivity index is 3.10. The highest BCUT2D eigenvalue weighted by atomic mass is 16.5. The first kappa shape index (κ1) is 9.01. The molecule has 0 spiro atoms. The second-order valence-corrected chi connectivity index (χ2v) is 1.87. The Bertz CT molecular complexity index is 118. The summed E-state index contributed by atoms with van der Waals surface area (Å²) in [6.45, 7) is 2.64. The van der Waals surface area contributed by atoms with E-state index < -0.39 is 5.97 Å². The van der Waals surface area contributed by atoms with E-state index in [1.165, 1.54) is 6.26 Å². The molecule has 0 aliphatic carbocycles. The first-order valence-corrected chi connectivity index (χ1v) is 3.28. The first-order valence-electron chi connectivity index (χ1n) is 3.28. The maximum absolute atomic E-state index is 9.87. The van der Waals surface area contributed by atoms with Crippen LogP contribution < -0.4 is 0 Å². The molecule has 10 heavy (non-hydrogen) atoms. The van der Waals surface area contributed by atoms with Crippen LogP contribution in [0.5, 0.6) is 0 Å². The molecule has 3 nitrogen and oxygen atoms in total. The lowest BCUT2D eigenvalue weighted by atomic mass is 10.4. The maximum Gasteiger partial charge on any atom is 0.331 e. The molecule has 0 rings (SSSR count). The number of carboxylic acid groups (broad SMARTS) is 1. The van der Waals surface area contributed by atoms with E-state index in [1.54, 1.807) is 0 Å². The van der Waals surface area contributed by atoms with Gasteiger partial charge >= 0.3 is 5.97 Å². The molecule has 0 aliphatic rings. The second kappa shape index (κ2) is 6.13. The molecule has 0 fully saturated rings. The lowest BCUT2D eigenvalue weighted by Crippen LogP contribution is -1.89. The summed E-state index contributed by atoms with van der Waals surface area (Å²) in [4.78, 5) is 9.87. The zero-order valence-corrected chi connectivity index (χ0v) is 6.04. The number of ether oxygens (including phenoxy) is 1. The molecule has 0 aliphatic heterocycles. The quantitative estimate of drug-likeness (QED) is 0.360. The van der Waals surface area contributed by atoms with Crippen LogP contribution in [-0.2, 0) is 9.53 Å². The molecular formula is C7H12O3. The van der Waals surface area contributed by atoms with Crippen LogP contribution in [0.2, 0.25) is 0 Å². The van der Waals surface area contributed by atoms with Gasteiger partial charge in [-0.2, -0.15) is 0 Å². The Labute approximate surface area is 60.3 Å². The van der Waals surface area contributed by atoms with Gasteiger partial charge in [-0.1, -0.05) is 13.3 Å². The van der Waals surface area contributed by atoms with E-state index in [-0.39, 0.29) is 0 Å². The molecule has 0 amide bonds. The van der Waals surface area contributed by atoms with Crippen LogP contribution in [0.1, 0.15) is 19.8 Å². The smallest absolute Gasteiger partial charge is 0.331 e. The van der Waals surface area contributed by atoms with Crippen molar-refractivity contribution in [3.8, 4) is 0 Å². The number of hydrogen-bond acceptors (Lipinski definition) is 2. The third-order valence-electron chi connectivity index (χ3n) is 0.923. The Morgan fingerprint density at radius 3 is 2.90 bits per heavy atom. The van der Waals surface area contributed by atoms with Gasteiger partial charge in [-0.25, -0.2) is 4.79 Å². The van der Waals surface area contributed by atoms with Crippen molar-refractivity contribution in [1.82, 2.24) is 0 Å². The van der Waals surface area contributed by atoms with Crippen LogP contribution in [0.4, 0.5) is 0 Å². The summed E-state index contributed by atoms with van der Waals surface area (Å²) in [5.74, 6) is -0.975. The fourth-order valence-electron chi connectivity index (χ4n) is 0.402. The molecule has 0 radical (unpaired) electrons. The monoisotopic (exact) mass is 144 g/mol. The molecule has 0 aromatic rings. The van der Waals surface area contributed by atoms with E-state index in [1.807, 2.05) is 6.92 Å². The Morgan fingerprint density at radius 1 is 1.70 bits per heavy atom. The molecule has 0 saturated heterocycles. The van der Waals surface area contributed by atoms with Crippen LogP contribution in [0.25, 0.3) is 0 Å². The predicted octanol–water partition coefficient (Wildman–Crippen LogP) is 1.40. The van der Waals surface area contributed by atoms with Crippen LogP contribution in [0.3, 0.4) is 0 Å². The van der Waals surface area contributed by atoms with Gasteiger partial charge in [0.1, 0.15) is 0 Å². The van der Waals surface area contributed by atoms with E-state index in [0.717, 1.165) is 18.9 Å². The van der Waals surface area contributed by atoms with E-state index in [9.17, 15) is 4.79 Å². The van der Waals surface area contributed by atoms with E-state index >= 15 is 0 Å². The summed E-state index contributed by atoms with van der Waals surface area (Å²) in [6, 6.07) is 0. The normalized spacial score (nSPS) is 10.1. The average Bonchev–Trinajstić information content (AvgIpc) is 1.87. The Kier molecular flexibility index (Phi) is 5.53. The van der Waals surface area contributed by atoms with Crippen LogP contribution in [-0.4, -0.2) is 17.7 Å². The van der Waals surface area contributed by atoms with E-state index in [0.29, 0.717) is 6.61 Å². The maximum atomic E-state index is 9.87. The molecule has 0 bridgehead atoms. The highest BCUT2D eigenvalue weighted by molar-refractivity contribution is 5.79.